The third kappa shape index (κ3) is 6.22. The van der Waals surface area contributed by atoms with Crippen LogP contribution in [0.15, 0.2) is 108 Å². The first kappa shape index (κ1) is 21.7. The number of carbonyl (C=O) groups is 1. The second kappa shape index (κ2) is 11.2. The van der Waals surface area contributed by atoms with Crippen LogP contribution in [0.1, 0.15) is 21.5 Å². The van der Waals surface area contributed by atoms with Crippen molar-refractivity contribution in [2.75, 3.05) is 11.9 Å². The van der Waals surface area contributed by atoms with E-state index in [4.69, 9.17) is 4.74 Å². The normalized spacial score (nSPS) is 10.5. The zero-order valence-electron chi connectivity index (χ0n) is 17.6. The summed E-state index contributed by atoms with van der Waals surface area (Å²) in [4.78, 5) is 18.0. The van der Waals surface area contributed by atoms with Gasteiger partial charge in [-0.3, -0.25) is 9.78 Å². The fourth-order valence-corrected chi connectivity index (χ4v) is 4.00. The van der Waals surface area contributed by atoms with Crippen LogP contribution in [0.5, 0.6) is 5.75 Å². The van der Waals surface area contributed by atoms with E-state index in [-0.39, 0.29) is 5.91 Å². The van der Waals surface area contributed by atoms with Crippen molar-refractivity contribution in [3.8, 4) is 5.75 Å². The van der Waals surface area contributed by atoms with Crippen LogP contribution in [0.25, 0.3) is 0 Å². The minimum absolute atomic E-state index is 0.159. The number of carbonyl (C=O) groups excluding carboxylic acids is 1. The Hall–Kier alpha value is -3.57. The monoisotopic (exact) mass is 440 g/mol. The first-order chi connectivity index (χ1) is 15.8. The van der Waals surface area contributed by atoms with Gasteiger partial charge in [-0.1, -0.05) is 48.5 Å². The summed E-state index contributed by atoms with van der Waals surface area (Å²) >= 11 is 1.72. The molecule has 0 radical (unpaired) electrons. The molecule has 3 aromatic carbocycles. The van der Waals surface area contributed by atoms with Crippen molar-refractivity contribution in [3.05, 3.63) is 120 Å². The number of hydrogen-bond donors (Lipinski definition) is 1. The van der Waals surface area contributed by atoms with Gasteiger partial charge in [-0.2, -0.15) is 0 Å². The average Bonchev–Trinajstić information content (AvgIpc) is 2.85. The largest absolute Gasteiger partial charge is 0.491 e. The van der Waals surface area contributed by atoms with E-state index in [1.54, 1.807) is 18.0 Å². The molecule has 0 spiro atoms. The molecule has 4 nitrogen and oxygen atoms in total. The van der Waals surface area contributed by atoms with Crippen LogP contribution in [-0.2, 0) is 12.2 Å². The lowest BCUT2D eigenvalue weighted by molar-refractivity contribution is 0.102. The number of pyridine rings is 1. The molecule has 0 atom stereocenters. The molecule has 0 saturated heterocycles. The molecular weight excluding hydrogens is 416 g/mol. The summed E-state index contributed by atoms with van der Waals surface area (Å²) in [6.45, 7) is 0.541. The molecule has 0 aliphatic heterocycles. The Labute approximate surface area is 192 Å². The number of rotatable bonds is 9. The SMILES string of the molecule is O=C(Nc1ccccc1OCCc1ccccc1)c1ccc(SCc2cccnc2)cc1. The van der Waals surface area contributed by atoms with E-state index in [2.05, 4.69) is 28.5 Å². The topological polar surface area (TPSA) is 51.2 Å². The van der Waals surface area contributed by atoms with Gasteiger partial charge in [-0.05, 0) is 53.6 Å². The number of amides is 1. The molecule has 4 rings (SSSR count). The predicted molar refractivity (Wildman–Crippen MR) is 130 cm³/mol. The molecule has 0 aliphatic carbocycles. The summed E-state index contributed by atoms with van der Waals surface area (Å²) in [5.41, 5.74) is 3.66. The van der Waals surface area contributed by atoms with Crippen molar-refractivity contribution in [1.29, 1.82) is 0 Å². The van der Waals surface area contributed by atoms with Gasteiger partial charge in [0.05, 0.1) is 12.3 Å². The summed E-state index contributed by atoms with van der Waals surface area (Å²) in [5, 5.41) is 2.97. The Kier molecular flexibility index (Phi) is 7.55. The number of thioether (sulfide) groups is 1. The maximum atomic E-state index is 12.8. The van der Waals surface area contributed by atoms with E-state index in [0.29, 0.717) is 23.6 Å². The maximum absolute atomic E-state index is 12.8. The van der Waals surface area contributed by atoms with Crippen LogP contribution in [0.4, 0.5) is 5.69 Å². The van der Waals surface area contributed by atoms with Crippen LogP contribution in [-0.4, -0.2) is 17.5 Å². The van der Waals surface area contributed by atoms with Crippen LogP contribution in [0, 0.1) is 0 Å². The van der Waals surface area contributed by atoms with Crippen molar-refractivity contribution < 1.29 is 9.53 Å². The fraction of sp³-hybridized carbons (Fsp3) is 0.111. The van der Waals surface area contributed by atoms with E-state index in [1.807, 2.05) is 79.0 Å². The number of benzene rings is 3. The third-order valence-electron chi connectivity index (χ3n) is 4.87. The van der Waals surface area contributed by atoms with Gasteiger partial charge in [-0.15, -0.1) is 11.8 Å². The van der Waals surface area contributed by atoms with Crippen molar-refractivity contribution in [2.24, 2.45) is 0 Å². The maximum Gasteiger partial charge on any atom is 0.255 e. The molecule has 4 aromatic rings. The molecule has 1 N–H and O–H groups in total. The minimum atomic E-state index is -0.159. The van der Waals surface area contributed by atoms with Crippen LogP contribution >= 0.6 is 11.8 Å². The smallest absolute Gasteiger partial charge is 0.255 e. The molecule has 1 heterocycles. The number of nitrogens with zero attached hydrogens (tertiary/aromatic N) is 1. The molecule has 0 saturated carbocycles. The molecule has 160 valence electrons. The standard InChI is InChI=1S/C27H24N2O2S/c30-27(23-12-14-24(15-13-23)32-20-22-9-6-17-28-19-22)29-25-10-4-5-11-26(25)31-18-16-21-7-2-1-3-8-21/h1-15,17,19H,16,18,20H2,(H,29,30). The second-order valence-electron chi connectivity index (χ2n) is 7.21. The summed E-state index contributed by atoms with van der Waals surface area (Å²) in [6.07, 6.45) is 4.45. The van der Waals surface area contributed by atoms with Gasteiger partial charge in [0.25, 0.3) is 5.91 Å². The van der Waals surface area contributed by atoms with E-state index in [0.717, 1.165) is 17.1 Å². The summed E-state index contributed by atoms with van der Waals surface area (Å²) < 4.78 is 5.95. The Morgan fingerprint density at radius 1 is 0.844 bits per heavy atom. The van der Waals surface area contributed by atoms with Crippen molar-refractivity contribution in [2.45, 2.75) is 17.1 Å². The average molecular weight is 441 g/mol. The van der Waals surface area contributed by atoms with Crippen LogP contribution in [0.3, 0.4) is 0 Å². The lowest BCUT2D eigenvalue weighted by Gasteiger charge is -2.13. The first-order valence-electron chi connectivity index (χ1n) is 10.5. The van der Waals surface area contributed by atoms with Crippen LogP contribution < -0.4 is 10.1 Å². The van der Waals surface area contributed by atoms with E-state index >= 15 is 0 Å². The zero-order chi connectivity index (χ0) is 22.0. The molecule has 0 unspecified atom stereocenters. The summed E-state index contributed by atoms with van der Waals surface area (Å²) in [5.74, 6) is 1.35. The van der Waals surface area contributed by atoms with Crippen molar-refractivity contribution in [1.82, 2.24) is 4.98 Å². The van der Waals surface area contributed by atoms with E-state index in [9.17, 15) is 4.79 Å². The molecule has 0 fully saturated rings. The highest BCUT2D eigenvalue weighted by atomic mass is 32.2. The molecular formula is C27H24N2O2S. The molecule has 32 heavy (non-hydrogen) atoms. The number of hydrogen-bond acceptors (Lipinski definition) is 4. The second-order valence-corrected chi connectivity index (χ2v) is 8.26. The Morgan fingerprint density at radius 2 is 1.59 bits per heavy atom. The summed E-state index contributed by atoms with van der Waals surface area (Å²) in [6, 6.07) is 29.3. The number of nitrogens with one attached hydrogen (secondary N) is 1. The lowest BCUT2D eigenvalue weighted by atomic mass is 10.2. The van der Waals surface area contributed by atoms with Crippen molar-refractivity contribution in [3.63, 3.8) is 0 Å². The van der Waals surface area contributed by atoms with Gasteiger partial charge in [0.2, 0.25) is 0 Å². The molecule has 1 amide bonds. The van der Waals surface area contributed by atoms with E-state index in [1.165, 1.54) is 11.1 Å². The predicted octanol–water partition coefficient (Wildman–Crippen LogP) is 6.25. The minimum Gasteiger partial charge on any atom is -0.491 e. The number of para-hydroxylation sites is 2. The highest BCUT2D eigenvalue weighted by molar-refractivity contribution is 7.98. The first-order valence-corrected chi connectivity index (χ1v) is 11.5. The molecule has 0 bridgehead atoms. The number of ether oxygens (including phenoxy) is 1. The van der Waals surface area contributed by atoms with Gasteiger partial charge >= 0.3 is 0 Å². The highest BCUT2D eigenvalue weighted by Crippen LogP contribution is 2.26. The van der Waals surface area contributed by atoms with Crippen LogP contribution in [0.2, 0.25) is 0 Å². The lowest BCUT2D eigenvalue weighted by Crippen LogP contribution is -2.13. The Bertz CT molecular complexity index is 1130. The highest BCUT2D eigenvalue weighted by Gasteiger charge is 2.10. The van der Waals surface area contributed by atoms with Gasteiger partial charge in [-0.25, -0.2) is 0 Å². The van der Waals surface area contributed by atoms with E-state index < -0.39 is 0 Å². The quantitative estimate of drug-likeness (QED) is 0.313. The third-order valence-corrected chi connectivity index (χ3v) is 5.95. The fourth-order valence-electron chi connectivity index (χ4n) is 3.17. The number of aromatic nitrogens is 1. The van der Waals surface area contributed by atoms with Gasteiger partial charge in [0.15, 0.2) is 0 Å². The molecule has 5 heteroatoms. The van der Waals surface area contributed by atoms with Gasteiger partial charge in [0, 0.05) is 35.0 Å². The molecule has 0 aliphatic rings. The summed E-state index contributed by atoms with van der Waals surface area (Å²) in [7, 11) is 0. The van der Waals surface area contributed by atoms with Crippen molar-refractivity contribution >= 4 is 23.4 Å². The zero-order valence-corrected chi connectivity index (χ0v) is 18.4. The Balaban J connectivity index is 1.33. The van der Waals surface area contributed by atoms with Gasteiger partial charge in [0.1, 0.15) is 5.75 Å². The Morgan fingerprint density at radius 3 is 2.38 bits per heavy atom. The van der Waals surface area contributed by atoms with Gasteiger partial charge < -0.3 is 10.1 Å². The number of anilines is 1. The molecule has 1 aromatic heterocycles.